The van der Waals surface area contributed by atoms with Crippen LogP contribution in [0.2, 0.25) is 0 Å². The van der Waals surface area contributed by atoms with Gasteiger partial charge in [0.05, 0.1) is 23.4 Å². The first-order valence-electron chi connectivity index (χ1n) is 17.8. The summed E-state index contributed by atoms with van der Waals surface area (Å²) in [5.41, 5.74) is 3.23. The van der Waals surface area contributed by atoms with Crippen LogP contribution in [0.25, 0.3) is 5.69 Å². The molecule has 1 aromatic heterocycles. The van der Waals surface area contributed by atoms with Gasteiger partial charge in [0.25, 0.3) is 0 Å². The molecule has 7 heteroatoms. The van der Waals surface area contributed by atoms with Crippen LogP contribution in [0.15, 0.2) is 46.6 Å². The lowest BCUT2D eigenvalue weighted by atomic mass is 9.33. The number of hydrogen-bond donors (Lipinski definition) is 1. The summed E-state index contributed by atoms with van der Waals surface area (Å²) in [6.07, 6.45) is 14.6. The molecule has 1 aromatic carbocycles. The number of allylic oxidation sites excluding steroid dienone is 2. The number of ether oxygens (including phenoxy) is 1. The van der Waals surface area contributed by atoms with Gasteiger partial charge in [-0.25, -0.2) is 4.68 Å². The molecule has 5 aliphatic carbocycles. The average Bonchev–Trinajstić information content (AvgIpc) is 3.47. The number of aliphatic hydroxyl groups excluding tert-OH is 1. The molecule has 46 heavy (non-hydrogen) atoms. The molecule has 0 saturated heterocycles. The quantitative estimate of drug-likeness (QED) is 0.256. The second kappa shape index (κ2) is 10.8. The molecule has 0 aliphatic heterocycles. The highest BCUT2D eigenvalue weighted by molar-refractivity contribution is 9.10. The minimum Gasteiger partial charge on any atom is -0.459 e. The summed E-state index contributed by atoms with van der Waals surface area (Å²) in [5, 5.41) is 19.7. The number of hydrogen-bond acceptors (Lipinski definition) is 5. The first kappa shape index (κ1) is 32.6. The van der Waals surface area contributed by atoms with E-state index in [0.717, 1.165) is 61.5 Å². The Kier molecular flexibility index (Phi) is 7.61. The fourth-order valence-corrected chi connectivity index (χ4v) is 12.2. The van der Waals surface area contributed by atoms with Gasteiger partial charge in [-0.1, -0.05) is 81.3 Å². The molecule has 7 rings (SSSR count). The van der Waals surface area contributed by atoms with Crippen LogP contribution in [-0.2, 0) is 16.1 Å². The van der Waals surface area contributed by atoms with Gasteiger partial charge < -0.3 is 9.84 Å². The number of nitrogens with zero attached hydrogens (tertiary/aromatic N) is 3. The lowest BCUT2D eigenvalue weighted by molar-refractivity contribution is -0.206. The van der Waals surface area contributed by atoms with E-state index in [1.54, 1.807) is 10.3 Å². The standard InChI is InChI=1S/C39H54BrN3O3/c1-34(2)18-20-39(33(45)46-24-26-23-43(42-41-26)27-10-8-25(40)9-11-27)21-19-37(6)28(29(39)22-34)12-13-31-36(5)16-15-32(44)35(3,4)30(36)14-17-38(31,37)7/h8-12,23,29-32,44H,13-22,24H2,1-7H3/t29-,30-,31+,32-,36-,37+,38+,39-/m0/s1. The van der Waals surface area contributed by atoms with E-state index in [-0.39, 0.29) is 51.7 Å². The van der Waals surface area contributed by atoms with Gasteiger partial charge in [0.2, 0.25) is 0 Å². The zero-order chi connectivity index (χ0) is 32.9. The maximum Gasteiger partial charge on any atom is 0.313 e. The van der Waals surface area contributed by atoms with Gasteiger partial charge in [-0.15, -0.1) is 5.10 Å². The molecule has 2 aromatic rings. The maximum absolute atomic E-state index is 14.4. The first-order valence-corrected chi connectivity index (χ1v) is 18.6. The van der Waals surface area contributed by atoms with Crippen molar-refractivity contribution in [3.8, 4) is 5.69 Å². The fraction of sp³-hybridized carbons (Fsp3) is 0.718. The number of carbonyl (C=O) groups is 1. The summed E-state index contributed by atoms with van der Waals surface area (Å²) >= 11 is 3.49. The van der Waals surface area contributed by atoms with Gasteiger partial charge in [0.15, 0.2) is 0 Å². The second-order valence-electron chi connectivity index (χ2n) is 18.0. The van der Waals surface area contributed by atoms with Crippen molar-refractivity contribution in [2.45, 2.75) is 125 Å². The minimum absolute atomic E-state index is 0.0416. The Bertz CT molecular complexity index is 1550. The predicted molar refractivity (Wildman–Crippen MR) is 184 cm³/mol. The zero-order valence-corrected chi connectivity index (χ0v) is 30.6. The van der Waals surface area contributed by atoms with Crippen LogP contribution in [0.3, 0.4) is 0 Å². The maximum atomic E-state index is 14.4. The van der Waals surface area contributed by atoms with Gasteiger partial charge in [0, 0.05) is 4.47 Å². The summed E-state index contributed by atoms with van der Waals surface area (Å²) in [5.74, 6) is 1.28. The number of rotatable bonds is 4. The van der Waals surface area contributed by atoms with Crippen molar-refractivity contribution in [1.29, 1.82) is 0 Å². The van der Waals surface area contributed by atoms with Crippen LogP contribution >= 0.6 is 15.9 Å². The van der Waals surface area contributed by atoms with Gasteiger partial charge in [-0.05, 0) is 133 Å². The summed E-state index contributed by atoms with van der Waals surface area (Å²) < 4.78 is 8.96. The summed E-state index contributed by atoms with van der Waals surface area (Å²) in [6.45, 7) is 17.3. The largest absolute Gasteiger partial charge is 0.459 e. The van der Waals surface area contributed by atoms with E-state index in [0.29, 0.717) is 17.5 Å². The highest BCUT2D eigenvalue weighted by Crippen LogP contribution is 2.75. The van der Waals surface area contributed by atoms with Crippen LogP contribution in [0.4, 0.5) is 0 Å². The topological polar surface area (TPSA) is 77.2 Å². The number of fused-ring (bicyclic) bond motifs is 7. The third kappa shape index (κ3) is 4.67. The van der Waals surface area contributed by atoms with Crippen LogP contribution in [0, 0.1) is 50.2 Å². The molecular weight excluding hydrogens is 638 g/mol. The third-order valence-corrected chi connectivity index (χ3v) is 15.5. The summed E-state index contributed by atoms with van der Waals surface area (Å²) in [6, 6.07) is 7.92. The van der Waals surface area contributed by atoms with Crippen LogP contribution in [-0.4, -0.2) is 32.2 Å². The predicted octanol–water partition coefficient (Wildman–Crippen LogP) is 9.24. The lowest BCUT2D eigenvalue weighted by Gasteiger charge is -2.71. The number of aromatic nitrogens is 3. The average molecular weight is 693 g/mol. The SMILES string of the molecule is CC1(C)CC[C@]2(C(=O)OCc3cn(-c4ccc(Br)cc4)nn3)CC[C@]3(C)C(=CC[C@@H]4[C@@]5(C)CC[C@H](O)C(C)(C)[C@@H]5CC[C@]43C)[C@@H]2C1. The second-order valence-corrected chi connectivity index (χ2v) is 18.9. The van der Waals surface area contributed by atoms with E-state index in [1.165, 1.54) is 12.8 Å². The number of benzene rings is 1. The number of esters is 1. The minimum atomic E-state index is -0.482. The van der Waals surface area contributed by atoms with Crippen molar-refractivity contribution in [3.63, 3.8) is 0 Å². The molecule has 0 spiro atoms. The van der Waals surface area contributed by atoms with E-state index < -0.39 is 5.41 Å². The van der Waals surface area contributed by atoms with Crippen molar-refractivity contribution in [2.24, 2.45) is 50.2 Å². The van der Waals surface area contributed by atoms with Crippen LogP contribution < -0.4 is 0 Å². The van der Waals surface area contributed by atoms with E-state index in [1.807, 2.05) is 30.5 Å². The van der Waals surface area contributed by atoms with Crippen molar-refractivity contribution in [1.82, 2.24) is 15.0 Å². The zero-order valence-electron chi connectivity index (χ0n) is 29.0. The highest BCUT2D eigenvalue weighted by Gasteiger charge is 2.69. The van der Waals surface area contributed by atoms with E-state index in [2.05, 4.69) is 80.8 Å². The van der Waals surface area contributed by atoms with Crippen molar-refractivity contribution < 1.29 is 14.6 Å². The van der Waals surface area contributed by atoms with Crippen LogP contribution in [0.1, 0.15) is 118 Å². The van der Waals surface area contributed by atoms with E-state index in [4.69, 9.17) is 4.74 Å². The molecule has 5 aliphatic rings. The molecule has 0 bridgehead atoms. The molecule has 1 heterocycles. The fourth-order valence-electron chi connectivity index (χ4n) is 12.0. The lowest BCUT2D eigenvalue weighted by Crippen LogP contribution is -2.65. The number of halogens is 1. The summed E-state index contributed by atoms with van der Waals surface area (Å²) in [7, 11) is 0. The number of carbonyl (C=O) groups excluding carboxylic acids is 1. The Labute approximate surface area is 284 Å². The monoisotopic (exact) mass is 691 g/mol. The Morgan fingerprint density at radius 1 is 0.957 bits per heavy atom. The van der Waals surface area contributed by atoms with E-state index in [9.17, 15) is 9.90 Å². The van der Waals surface area contributed by atoms with Gasteiger partial charge >= 0.3 is 5.97 Å². The van der Waals surface area contributed by atoms with Crippen molar-refractivity contribution in [3.05, 3.63) is 52.3 Å². The molecule has 8 atom stereocenters. The smallest absolute Gasteiger partial charge is 0.313 e. The Morgan fingerprint density at radius 3 is 2.41 bits per heavy atom. The molecule has 0 amide bonds. The number of aliphatic hydroxyl groups is 1. The van der Waals surface area contributed by atoms with Gasteiger partial charge in [-0.3, -0.25) is 4.79 Å². The summed E-state index contributed by atoms with van der Waals surface area (Å²) in [4.78, 5) is 14.4. The van der Waals surface area contributed by atoms with E-state index >= 15 is 0 Å². The molecule has 0 radical (unpaired) electrons. The van der Waals surface area contributed by atoms with Crippen molar-refractivity contribution >= 4 is 21.9 Å². The molecule has 6 nitrogen and oxygen atoms in total. The Hall–Kier alpha value is -1.99. The highest BCUT2D eigenvalue weighted by atomic mass is 79.9. The Morgan fingerprint density at radius 2 is 1.67 bits per heavy atom. The molecule has 4 fully saturated rings. The normalized spacial score (nSPS) is 40.8. The molecule has 4 saturated carbocycles. The third-order valence-electron chi connectivity index (χ3n) is 15.0. The van der Waals surface area contributed by atoms with Gasteiger partial charge in [0.1, 0.15) is 12.3 Å². The van der Waals surface area contributed by atoms with Crippen molar-refractivity contribution in [2.75, 3.05) is 0 Å². The van der Waals surface area contributed by atoms with Crippen LogP contribution in [0.5, 0.6) is 0 Å². The molecule has 250 valence electrons. The molecular formula is C39H54BrN3O3. The first-order chi connectivity index (χ1) is 21.6. The molecule has 0 unspecified atom stereocenters. The molecule has 1 N–H and O–H groups in total. The Balaban J connectivity index is 1.18. The van der Waals surface area contributed by atoms with Gasteiger partial charge in [-0.2, -0.15) is 0 Å².